The minimum atomic E-state index is -0.549. The van der Waals surface area contributed by atoms with Gasteiger partial charge in [-0.3, -0.25) is 4.79 Å². The smallest absolute Gasteiger partial charge is 0.339 e. The number of fused-ring (bicyclic) bond motifs is 1. The summed E-state index contributed by atoms with van der Waals surface area (Å²) >= 11 is 0. The molecule has 6 heteroatoms. The number of amides is 1. The van der Waals surface area contributed by atoms with Gasteiger partial charge in [-0.15, -0.1) is 0 Å². The average molecular weight is 540 g/mol. The Morgan fingerprint density at radius 1 is 0.950 bits per heavy atom. The van der Waals surface area contributed by atoms with Crippen LogP contribution in [0.15, 0.2) is 72.8 Å². The molecule has 0 radical (unpaired) electrons. The van der Waals surface area contributed by atoms with Gasteiger partial charge in [0.25, 0.3) is 0 Å². The van der Waals surface area contributed by atoms with Gasteiger partial charge in [0.15, 0.2) is 0 Å². The number of anilines is 1. The molecule has 0 aromatic heterocycles. The molecule has 208 valence electrons. The molecule has 1 saturated carbocycles. The van der Waals surface area contributed by atoms with Crippen LogP contribution in [0.4, 0.5) is 5.69 Å². The van der Waals surface area contributed by atoms with Crippen molar-refractivity contribution >= 4 is 23.5 Å². The molecule has 0 N–H and O–H groups in total. The van der Waals surface area contributed by atoms with Gasteiger partial charge in [-0.25, -0.2) is 9.59 Å². The zero-order chi connectivity index (χ0) is 28.1. The van der Waals surface area contributed by atoms with E-state index in [9.17, 15) is 14.4 Å². The summed E-state index contributed by atoms with van der Waals surface area (Å²) in [5.41, 5.74) is 3.85. The number of rotatable bonds is 9. The van der Waals surface area contributed by atoms with Gasteiger partial charge < -0.3 is 14.4 Å². The van der Waals surface area contributed by atoms with Crippen molar-refractivity contribution in [1.29, 1.82) is 0 Å². The molecule has 1 aliphatic carbocycles. The van der Waals surface area contributed by atoms with E-state index >= 15 is 0 Å². The summed E-state index contributed by atoms with van der Waals surface area (Å²) in [4.78, 5) is 40.7. The van der Waals surface area contributed by atoms with Gasteiger partial charge in [0, 0.05) is 18.5 Å². The van der Waals surface area contributed by atoms with E-state index in [1.54, 1.807) is 23.1 Å². The van der Waals surface area contributed by atoms with Crippen LogP contribution in [0.2, 0.25) is 0 Å². The molecular formula is C34H37NO5. The number of cyclic esters (lactones) is 1. The minimum absolute atomic E-state index is 0.0303. The molecule has 0 bridgehead atoms. The molecule has 3 aromatic rings. The van der Waals surface area contributed by atoms with Crippen molar-refractivity contribution in [2.45, 2.75) is 77.5 Å². The fourth-order valence-electron chi connectivity index (χ4n) is 5.70. The van der Waals surface area contributed by atoms with Gasteiger partial charge in [-0.1, -0.05) is 74.2 Å². The third kappa shape index (κ3) is 6.79. The lowest BCUT2D eigenvalue weighted by molar-refractivity contribution is -0.119. The topological polar surface area (TPSA) is 72.9 Å². The van der Waals surface area contributed by atoms with Gasteiger partial charge in [0.2, 0.25) is 5.91 Å². The minimum Gasteiger partial charge on any atom is -0.457 e. The van der Waals surface area contributed by atoms with Crippen molar-refractivity contribution in [2.75, 3.05) is 4.90 Å². The number of nitrogens with zero attached hydrogens (tertiary/aromatic N) is 1. The van der Waals surface area contributed by atoms with Gasteiger partial charge in [-0.2, -0.15) is 0 Å². The lowest BCUT2D eigenvalue weighted by atomic mass is 9.91. The number of esters is 2. The van der Waals surface area contributed by atoms with Crippen molar-refractivity contribution in [3.8, 4) is 0 Å². The zero-order valence-electron chi connectivity index (χ0n) is 23.4. The summed E-state index contributed by atoms with van der Waals surface area (Å²) < 4.78 is 11.1. The maximum absolute atomic E-state index is 13.6. The Kier molecular flexibility index (Phi) is 8.34. The second kappa shape index (κ2) is 12.1. The molecular weight excluding hydrogens is 502 g/mol. The van der Waals surface area contributed by atoms with E-state index < -0.39 is 11.6 Å². The normalized spacial score (nSPS) is 16.2. The fraction of sp³-hybridized carbons (Fsp3) is 0.382. The van der Waals surface area contributed by atoms with Crippen molar-refractivity contribution in [2.24, 2.45) is 5.92 Å². The summed E-state index contributed by atoms with van der Waals surface area (Å²) in [5, 5.41) is 0. The van der Waals surface area contributed by atoms with Crippen molar-refractivity contribution in [3.63, 3.8) is 0 Å². The quantitative estimate of drug-likeness (QED) is 0.273. The highest BCUT2D eigenvalue weighted by molar-refractivity contribution is 5.97. The summed E-state index contributed by atoms with van der Waals surface area (Å²) in [6.07, 6.45) is 6.83. The first-order valence-electron chi connectivity index (χ1n) is 14.2. The zero-order valence-corrected chi connectivity index (χ0v) is 23.4. The van der Waals surface area contributed by atoms with Crippen molar-refractivity contribution < 1.29 is 23.9 Å². The summed E-state index contributed by atoms with van der Waals surface area (Å²) in [5.74, 6) is -0.115. The lowest BCUT2D eigenvalue weighted by Crippen LogP contribution is -2.36. The third-order valence-corrected chi connectivity index (χ3v) is 7.90. The highest BCUT2D eigenvalue weighted by atomic mass is 16.6. The summed E-state index contributed by atoms with van der Waals surface area (Å²) in [6, 6.07) is 22.4. The number of hydrogen-bond donors (Lipinski definition) is 0. The molecule has 1 amide bonds. The van der Waals surface area contributed by atoms with Crippen LogP contribution in [-0.2, 0) is 33.8 Å². The Balaban J connectivity index is 1.32. The largest absolute Gasteiger partial charge is 0.457 e. The number of benzene rings is 3. The first-order valence-corrected chi connectivity index (χ1v) is 14.2. The van der Waals surface area contributed by atoms with Crippen LogP contribution in [0.5, 0.6) is 0 Å². The van der Waals surface area contributed by atoms with Crippen LogP contribution in [0.3, 0.4) is 0 Å². The van der Waals surface area contributed by atoms with Gasteiger partial charge in [-0.05, 0) is 67.1 Å². The molecule has 5 rings (SSSR count). The molecule has 1 aliphatic heterocycles. The highest BCUT2D eigenvalue weighted by Gasteiger charge is 2.33. The molecule has 0 unspecified atom stereocenters. The molecule has 3 aromatic carbocycles. The van der Waals surface area contributed by atoms with Crippen LogP contribution >= 0.6 is 0 Å². The van der Waals surface area contributed by atoms with Crippen LogP contribution in [0, 0.1) is 5.92 Å². The van der Waals surface area contributed by atoms with Crippen molar-refractivity contribution in [1.82, 2.24) is 0 Å². The summed E-state index contributed by atoms with van der Waals surface area (Å²) in [7, 11) is 0. The second-order valence-corrected chi connectivity index (χ2v) is 11.6. The summed E-state index contributed by atoms with van der Waals surface area (Å²) in [6.45, 7) is 4.36. The van der Waals surface area contributed by atoms with Crippen LogP contribution in [0.1, 0.15) is 89.8 Å². The van der Waals surface area contributed by atoms with Crippen LogP contribution in [0.25, 0.3) is 0 Å². The van der Waals surface area contributed by atoms with E-state index in [-0.39, 0.29) is 18.5 Å². The van der Waals surface area contributed by atoms with E-state index in [2.05, 4.69) is 0 Å². The Morgan fingerprint density at radius 3 is 2.40 bits per heavy atom. The Hall–Kier alpha value is -3.93. The predicted octanol–water partition coefficient (Wildman–Crippen LogP) is 7.04. The Labute approximate surface area is 236 Å². The van der Waals surface area contributed by atoms with E-state index in [0.717, 1.165) is 23.1 Å². The van der Waals surface area contributed by atoms with Crippen LogP contribution < -0.4 is 4.90 Å². The van der Waals surface area contributed by atoms with Gasteiger partial charge >= 0.3 is 11.9 Å². The molecule has 0 spiro atoms. The molecule has 6 nitrogen and oxygen atoms in total. The molecule has 1 fully saturated rings. The molecule has 0 atom stereocenters. The van der Waals surface area contributed by atoms with Crippen LogP contribution in [-0.4, -0.2) is 23.4 Å². The highest BCUT2D eigenvalue weighted by Crippen LogP contribution is 2.33. The average Bonchev–Trinajstić information content (AvgIpc) is 3.47. The standard InChI is InChI=1S/C34H37NO5/c1-34(2)21-28-17-18-29(20-30(28)33(38)40-34)35(31(36)19-14-24-8-6-7-9-24)22-25-12-15-27(16-13-25)32(37)39-23-26-10-4-3-5-11-26/h3-5,10-13,15-18,20,24H,6-9,14,19,21-23H2,1-2H3. The number of ether oxygens (including phenoxy) is 2. The second-order valence-electron chi connectivity index (χ2n) is 11.6. The molecule has 2 aliphatic rings. The number of carbonyl (C=O) groups is 3. The van der Waals surface area contributed by atoms with E-state index in [1.807, 2.05) is 68.4 Å². The van der Waals surface area contributed by atoms with E-state index in [4.69, 9.17) is 9.47 Å². The molecule has 40 heavy (non-hydrogen) atoms. The third-order valence-electron chi connectivity index (χ3n) is 7.90. The molecule has 1 heterocycles. The van der Waals surface area contributed by atoms with E-state index in [1.165, 1.54) is 25.7 Å². The van der Waals surface area contributed by atoms with Gasteiger partial charge in [0.1, 0.15) is 12.2 Å². The Morgan fingerprint density at radius 2 is 1.68 bits per heavy atom. The SMILES string of the molecule is CC1(C)Cc2ccc(N(Cc3ccc(C(=O)OCc4ccccc4)cc3)C(=O)CCC3CCCC3)cc2C(=O)O1. The fourth-order valence-corrected chi connectivity index (χ4v) is 5.70. The first kappa shape index (κ1) is 27.6. The number of carbonyl (C=O) groups excluding carboxylic acids is 3. The monoisotopic (exact) mass is 539 g/mol. The Bertz CT molecular complexity index is 1360. The first-order chi connectivity index (χ1) is 19.3. The maximum atomic E-state index is 13.6. The van der Waals surface area contributed by atoms with E-state index in [0.29, 0.717) is 42.1 Å². The maximum Gasteiger partial charge on any atom is 0.339 e. The van der Waals surface area contributed by atoms with Gasteiger partial charge in [0.05, 0.1) is 17.7 Å². The molecule has 0 saturated heterocycles. The lowest BCUT2D eigenvalue weighted by Gasteiger charge is -2.32. The number of hydrogen-bond acceptors (Lipinski definition) is 5. The predicted molar refractivity (Wildman–Crippen MR) is 154 cm³/mol. The van der Waals surface area contributed by atoms with Crippen molar-refractivity contribution in [3.05, 3.63) is 101 Å².